The van der Waals surface area contributed by atoms with Crippen molar-refractivity contribution in [3.05, 3.63) is 94.8 Å². The van der Waals surface area contributed by atoms with E-state index in [0.717, 1.165) is 16.7 Å². The zero-order valence-electron chi connectivity index (χ0n) is 22.7. The molecule has 0 aliphatic carbocycles. The molecule has 0 unspecified atom stereocenters. The summed E-state index contributed by atoms with van der Waals surface area (Å²) < 4.78 is 83.9. The van der Waals surface area contributed by atoms with Gasteiger partial charge in [0.05, 0.1) is 24.5 Å². The molecule has 2 aromatic heterocycles. The molecule has 0 radical (unpaired) electrons. The SMILES string of the molecule is Cc1cc(OCCCC(F)(F)F)ccc1CCc1ccccc1-c1cccc(-n2ncc(C(=O)[O-])c2C(F)(F)F)n1.[Na+]. The summed E-state index contributed by atoms with van der Waals surface area (Å²) in [6.07, 6.45) is -8.53. The molecule has 4 rings (SSSR count). The number of pyridine rings is 1. The molecule has 0 spiro atoms. The Labute approximate surface area is 259 Å². The molecule has 42 heavy (non-hydrogen) atoms. The topological polar surface area (TPSA) is 80.1 Å². The quantitative estimate of drug-likeness (QED) is 0.159. The van der Waals surface area contributed by atoms with Gasteiger partial charge in [-0.25, -0.2) is 9.67 Å². The molecule has 0 amide bonds. The predicted molar refractivity (Wildman–Crippen MR) is 135 cm³/mol. The predicted octanol–water partition coefficient (Wildman–Crippen LogP) is 3.14. The maximum absolute atomic E-state index is 13.7. The van der Waals surface area contributed by atoms with Gasteiger partial charge in [0.25, 0.3) is 0 Å². The Morgan fingerprint density at radius 2 is 1.67 bits per heavy atom. The van der Waals surface area contributed by atoms with Crippen LogP contribution in [0.3, 0.4) is 0 Å². The number of carboxylic acids is 1. The molecule has 0 N–H and O–H groups in total. The van der Waals surface area contributed by atoms with Gasteiger partial charge in [0.2, 0.25) is 0 Å². The van der Waals surface area contributed by atoms with Crippen molar-refractivity contribution in [1.29, 1.82) is 0 Å². The Bertz CT molecular complexity index is 1540. The van der Waals surface area contributed by atoms with Crippen LogP contribution in [0.5, 0.6) is 5.75 Å². The van der Waals surface area contributed by atoms with E-state index < -0.39 is 36.0 Å². The Hall–Kier alpha value is -3.35. The molecular weight excluding hydrogens is 575 g/mol. The second-order valence-corrected chi connectivity index (χ2v) is 9.30. The van der Waals surface area contributed by atoms with Crippen LogP contribution in [0.4, 0.5) is 26.3 Å². The zero-order valence-corrected chi connectivity index (χ0v) is 24.7. The van der Waals surface area contributed by atoms with Crippen LogP contribution in [0.25, 0.3) is 17.1 Å². The van der Waals surface area contributed by atoms with E-state index in [4.69, 9.17) is 4.74 Å². The molecule has 0 aliphatic rings. The molecule has 0 bridgehead atoms. The summed E-state index contributed by atoms with van der Waals surface area (Å²) in [7, 11) is 0. The third kappa shape index (κ3) is 8.36. The second kappa shape index (κ2) is 13.7. The van der Waals surface area contributed by atoms with Gasteiger partial charge in [-0.05, 0) is 67.1 Å². The number of aryl methyl sites for hydroxylation is 3. The first-order valence-electron chi connectivity index (χ1n) is 12.5. The monoisotopic (exact) mass is 599 g/mol. The zero-order chi connectivity index (χ0) is 29.8. The number of benzene rings is 2. The maximum atomic E-state index is 13.7. The Morgan fingerprint density at radius 3 is 2.33 bits per heavy atom. The number of aromatic nitrogens is 3. The van der Waals surface area contributed by atoms with Gasteiger partial charge in [-0.3, -0.25) is 0 Å². The van der Waals surface area contributed by atoms with Gasteiger partial charge < -0.3 is 14.6 Å². The van der Waals surface area contributed by atoms with E-state index in [1.54, 1.807) is 30.3 Å². The van der Waals surface area contributed by atoms with E-state index in [9.17, 15) is 36.2 Å². The minimum absolute atomic E-state index is 0. The molecule has 2 aromatic carbocycles. The van der Waals surface area contributed by atoms with Crippen LogP contribution in [0.15, 0.2) is 66.9 Å². The summed E-state index contributed by atoms with van der Waals surface area (Å²) in [5.41, 5.74) is 1.24. The molecule has 0 saturated heterocycles. The number of carbonyl (C=O) groups is 1. The average Bonchev–Trinajstić information content (AvgIpc) is 3.37. The Morgan fingerprint density at radius 1 is 0.952 bits per heavy atom. The van der Waals surface area contributed by atoms with Crippen molar-refractivity contribution in [2.45, 2.75) is 45.0 Å². The smallest absolute Gasteiger partial charge is 0.545 e. The molecule has 13 heteroatoms. The van der Waals surface area contributed by atoms with Gasteiger partial charge in [-0.15, -0.1) is 0 Å². The van der Waals surface area contributed by atoms with Crippen LogP contribution in [0.1, 0.15) is 45.6 Å². The Balaban J connectivity index is 0.00000484. The van der Waals surface area contributed by atoms with E-state index >= 15 is 0 Å². The number of nitrogens with zero attached hydrogens (tertiary/aromatic N) is 3. The van der Waals surface area contributed by atoms with Crippen molar-refractivity contribution in [1.82, 2.24) is 14.8 Å². The fourth-order valence-electron chi connectivity index (χ4n) is 4.39. The number of rotatable bonds is 10. The molecule has 0 atom stereocenters. The molecule has 2 heterocycles. The first kappa shape index (κ1) is 33.2. The van der Waals surface area contributed by atoms with Gasteiger partial charge in [0.15, 0.2) is 11.5 Å². The van der Waals surface area contributed by atoms with Crippen LogP contribution in [0.2, 0.25) is 0 Å². The summed E-state index contributed by atoms with van der Waals surface area (Å²) in [5, 5.41) is 14.9. The number of hydrogen-bond acceptors (Lipinski definition) is 5. The number of hydrogen-bond donors (Lipinski definition) is 0. The largest absolute Gasteiger partial charge is 1.00 e. The van der Waals surface area contributed by atoms with Crippen molar-refractivity contribution in [2.24, 2.45) is 0 Å². The average molecular weight is 600 g/mol. The summed E-state index contributed by atoms with van der Waals surface area (Å²) in [4.78, 5) is 15.6. The first-order valence-corrected chi connectivity index (χ1v) is 12.5. The maximum Gasteiger partial charge on any atom is 1.00 e. The van der Waals surface area contributed by atoms with Crippen molar-refractivity contribution in [2.75, 3.05) is 6.61 Å². The number of ether oxygens (including phenoxy) is 1. The Kier molecular flexibility index (Phi) is 10.9. The number of carbonyl (C=O) groups excluding carboxylic acids is 1. The molecular formula is C29H24F6N3NaO3. The van der Waals surface area contributed by atoms with Crippen LogP contribution in [0, 0.1) is 6.92 Å². The summed E-state index contributed by atoms with van der Waals surface area (Å²) in [6, 6.07) is 17.0. The van der Waals surface area contributed by atoms with Crippen molar-refractivity contribution < 1.29 is 70.5 Å². The fourth-order valence-corrected chi connectivity index (χ4v) is 4.39. The van der Waals surface area contributed by atoms with Gasteiger partial charge in [-0.1, -0.05) is 36.4 Å². The van der Waals surface area contributed by atoms with Crippen molar-refractivity contribution >= 4 is 5.97 Å². The van der Waals surface area contributed by atoms with E-state index in [0.29, 0.717) is 40.7 Å². The molecule has 0 aliphatic heterocycles. The normalized spacial score (nSPS) is 11.7. The van der Waals surface area contributed by atoms with E-state index in [1.807, 2.05) is 25.1 Å². The molecule has 0 fully saturated rings. The standard InChI is InChI=1S/C29H25F6N3O3.Na/c1-18-16-21(41-15-5-14-28(30,31)32)13-12-19(18)10-11-20-6-2-3-7-22(20)24-8-4-9-25(37-24)38-26(29(33,34)35)23(17-36-38)27(39)40;/h2-4,6-9,12-13,16-17H,5,10-11,14-15H2,1H3,(H,39,40);/q;+1/p-1. The van der Waals surface area contributed by atoms with Crippen LogP contribution < -0.4 is 39.4 Å². The number of carboxylic acid groups (broad SMARTS) is 1. The number of aromatic carboxylic acids is 1. The number of halogens is 6. The summed E-state index contributed by atoms with van der Waals surface area (Å²) in [6.45, 7) is 1.83. The van der Waals surface area contributed by atoms with Gasteiger partial charge in [0, 0.05) is 17.5 Å². The van der Waals surface area contributed by atoms with Crippen molar-refractivity contribution in [3.8, 4) is 22.8 Å². The minimum Gasteiger partial charge on any atom is -0.545 e. The molecule has 216 valence electrons. The van der Waals surface area contributed by atoms with Gasteiger partial charge in [-0.2, -0.15) is 31.4 Å². The van der Waals surface area contributed by atoms with Crippen LogP contribution >= 0.6 is 0 Å². The van der Waals surface area contributed by atoms with Gasteiger partial charge >= 0.3 is 41.9 Å². The molecule has 4 aromatic rings. The molecule has 0 saturated carbocycles. The minimum atomic E-state index is -5.01. The third-order valence-corrected chi connectivity index (χ3v) is 6.35. The van der Waals surface area contributed by atoms with Gasteiger partial charge in [0.1, 0.15) is 5.75 Å². The van der Waals surface area contributed by atoms with E-state index in [-0.39, 0.29) is 48.4 Å². The summed E-state index contributed by atoms with van der Waals surface area (Å²) in [5.74, 6) is -1.73. The molecule has 6 nitrogen and oxygen atoms in total. The first-order chi connectivity index (χ1) is 19.3. The number of alkyl halides is 6. The fraction of sp³-hybridized carbons (Fsp3) is 0.276. The van der Waals surface area contributed by atoms with E-state index in [2.05, 4.69) is 10.1 Å². The van der Waals surface area contributed by atoms with Crippen molar-refractivity contribution in [3.63, 3.8) is 0 Å². The van der Waals surface area contributed by atoms with Crippen LogP contribution in [-0.2, 0) is 19.0 Å². The summed E-state index contributed by atoms with van der Waals surface area (Å²) >= 11 is 0. The second-order valence-electron chi connectivity index (χ2n) is 9.30. The van der Waals surface area contributed by atoms with E-state index in [1.165, 1.54) is 12.1 Å². The van der Waals surface area contributed by atoms with Crippen LogP contribution in [-0.4, -0.2) is 33.5 Å². The third-order valence-electron chi connectivity index (χ3n) is 6.35.